The molecule has 0 aromatic rings. The van der Waals surface area contributed by atoms with Gasteiger partial charge in [-0.1, -0.05) is 70.4 Å². The lowest BCUT2D eigenvalue weighted by atomic mass is 9.88. The maximum atomic E-state index is 13.2. The first-order valence-electron chi connectivity index (χ1n) is 10.9. The Morgan fingerprint density at radius 1 is 1.07 bits per heavy atom. The van der Waals surface area contributed by atoms with Gasteiger partial charge in [0.1, 0.15) is 0 Å². The van der Waals surface area contributed by atoms with Crippen molar-refractivity contribution in [3.05, 3.63) is 23.8 Å². The molecule has 29 heavy (non-hydrogen) atoms. The number of rotatable bonds is 13. The van der Waals surface area contributed by atoms with Crippen molar-refractivity contribution in [1.29, 1.82) is 0 Å². The Morgan fingerprint density at radius 2 is 1.66 bits per heavy atom. The SMILES string of the molecule is CCCCCCCCCCC(C)OC1(C(=O)OC(C)C)C=CC=C(C(F)(F)F)C1. The van der Waals surface area contributed by atoms with Crippen LogP contribution in [-0.2, 0) is 14.3 Å². The van der Waals surface area contributed by atoms with E-state index in [1.807, 2.05) is 6.92 Å². The van der Waals surface area contributed by atoms with E-state index in [1.165, 1.54) is 44.3 Å². The molecule has 0 N–H and O–H groups in total. The molecule has 2 unspecified atom stereocenters. The summed E-state index contributed by atoms with van der Waals surface area (Å²) in [5.74, 6) is -0.763. The zero-order chi connectivity index (χ0) is 21.9. The summed E-state index contributed by atoms with van der Waals surface area (Å²) in [6.45, 7) is 7.34. The molecule has 3 nitrogen and oxygen atoms in total. The van der Waals surface area contributed by atoms with Gasteiger partial charge >= 0.3 is 12.1 Å². The molecular weight excluding hydrogens is 381 g/mol. The fourth-order valence-electron chi connectivity index (χ4n) is 3.48. The van der Waals surface area contributed by atoms with Gasteiger partial charge in [-0.3, -0.25) is 0 Å². The highest BCUT2D eigenvalue weighted by atomic mass is 19.4. The maximum Gasteiger partial charge on any atom is 0.412 e. The first-order chi connectivity index (χ1) is 13.6. The standard InChI is InChI=1S/C23H37F3O3/c1-5-6-7-8-9-10-11-12-14-19(4)29-22(21(27)28-18(2)3)16-13-15-20(17-22)23(24,25)26/h13,15-16,18-19H,5-12,14,17H2,1-4H3. The number of hydrogen-bond donors (Lipinski definition) is 0. The smallest absolute Gasteiger partial charge is 0.412 e. The van der Waals surface area contributed by atoms with Gasteiger partial charge in [0.2, 0.25) is 0 Å². The molecule has 0 spiro atoms. The third-order valence-electron chi connectivity index (χ3n) is 5.04. The van der Waals surface area contributed by atoms with E-state index in [0.717, 1.165) is 25.3 Å². The van der Waals surface area contributed by atoms with E-state index in [1.54, 1.807) is 13.8 Å². The van der Waals surface area contributed by atoms with Gasteiger partial charge < -0.3 is 9.47 Å². The topological polar surface area (TPSA) is 35.5 Å². The molecule has 0 heterocycles. The number of hydrogen-bond acceptors (Lipinski definition) is 3. The van der Waals surface area contributed by atoms with Crippen molar-refractivity contribution in [2.45, 2.75) is 116 Å². The first-order valence-corrected chi connectivity index (χ1v) is 10.9. The van der Waals surface area contributed by atoms with Crippen LogP contribution in [0.5, 0.6) is 0 Å². The van der Waals surface area contributed by atoms with Crippen molar-refractivity contribution in [2.75, 3.05) is 0 Å². The van der Waals surface area contributed by atoms with Gasteiger partial charge in [0.05, 0.1) is 12.2 Å². The molecule has 1 rings (SSSR count). The second kappa shape index (κ2) is 12.4. The lowest BCUT2D eigenvalue weighted by molar-refractivity contribution is -0.178. The van der Waals surface area contributed by atoms with E-state index >= 15 is 0 Å². The molecule has 1 aliphatic rings. The van der Waals surface area contributed by atoms with Gasteiger partial charge in [-0.25, -0.2) is 4.79 Å². The quantitative estimate of drug-likeness (QED) is 0.237. The van der Waals surface area contributed by atoms with Crippen LogP contribution in [0.3, 0.4) is 0 Å². The molecule has 0 radical (unpaired) electrons. The van der Waals surface area contributed by atoms with Crippen LogP contribution < -0.4 is 0 Å². The maximum absolute atomic E-state index is 13.2. The van der Waals surface area contributed by atoms with Gasteiger partial charge in [0.25, 0.3) is 0 Å². The summed E-state index contributed by atoms with van der Waals surface area (Å²) in [5, 5.41) is 0. The van der Waals surface area contributed by atoms with Crippen LogP contribution in [0.2, 0.25) is 0 Å². The van der Waals surface area contributed by atoms with E-state index in [0.29, 0.717) is 6.42 Å². The Labute approximate surface area is 173 Å². The van der Waals surface area contributed by atoms with Crippen molar-refractivity contribution in [3.8, 4) is 0 Å². The minimum Gasteiger partial charge on any atom is -0.461 e. The van der Waals surface area contributed by atoms with E-state index in [-0.39, 0.29) is 6.10 Å². The Morgan fingerprint density at radius 3 is 2.21 bits per heavy atom. The normalized spacial score (nSPS) is 20.6. The van der Waals surface area contributed by atoms with Crippen LogP contribution in [0.15, 0.2) is 23.8 Å². The lowest BCUT2D eigenvalue weighted by Crippen LogP contribution is -2.46. The Balaban J connectivity index is 2.61. The van der Waals surface area contributed by atoms with Gasteiger partial charge in [-0.2, -0.15) is 13.2 Å². The van der Waals surface area contributed by atoms with Crippen molar-refractivity contribution >= 4 is 5.97 Å². The third-order valence-corrected chi connectivity index (χ3v) is 5.04. The van der Waals surface area contributed by atoms with Gasteiger partial charge in [0.15, 0.2) is 5.60 Å². The number of alkyl halides is 3. The van der Waals surface area contributed by atoms with Crippen molar-refractivity contribution in [2.24, 2.45) is 0 Å². The van der Waals surface area contributed by atoms with Crippen LogP contribution >= 0.6 is 0 Å². The molecule has 0 aromatic heterocycles. The zero-order valence-corrected chi connectivity index (χ0v) is 18.3. The highest BCUT2D eigenvalue weighted by Crippen LogP contribution is 2.38. The molecular formula is C23H37F3O3. The molecule has 168 valence electrons. The van der Waals surface area contributed by atoms with E-state index in [9.17, 15) is 18.0 Å². The van der Waals surface area contributed by atoms with Gasteiger partial charge in [0, 0.05) is 12.0 Å². The Hall–Kier alpha value is -1.30. The summed E-state index contributed by atoms with van der Waals surface area (Å²) in [6, 6.07) is 0. The minimum atomic E-state index is -4.50. The summed E-state index contributed by atoms with van der Waals surface area (Å²) in [6.07, 6.45) is 7.90. The third kappa shape index (κ3) is 9.37. The zero-order valence-electron chi connectivity index (χ0n) is 18.3. The van der Waals surface area contributed by atoms with E-state index in [2.05, 4.69) is 6.92 Å². The second-order valence-electron chi connectivity index (χ2n) is 8.26. The van der Waals surface area contributed by atoms with Crippen molar-refractivity contribution in [3.63, 3.8) is 0 Å². The van der Waals surface area contributed by atoms with E-state index < -0.39 is 35.8 Å². The molecule has 0 amide bonds. The van der Waals surface area contributed by atoms with Crippen LogP contribution in [0.1, 0.15) is 91.9 Å². The fourth-order valence-corrected chi connectivity index (χ4v) is 3.48. The van der Waals surface area contributed by atoms with Crippen LogP contribution in [0, 0.1) is 0 Å². The molecule has 2 atom stereocenters. The van der Waals surface area contributed by atoms with Gasteiger partial charge in [-0.15, -0.1) is 0 Å². The highest BCUT2D eigenvalue weighted by Gasteiger charge is 2.48. The molecule has 6 heteroatoms. The van der Waals surface area contributed by atoms with Crippen LogP contribution in [0.25, 0.3) is 0 Å². The number of halogens is 3. The fraction of sp³-hybridized carbons (Fsp3) is 0.783. The average molecular weight is 419 g/mol. The van der Waals surface area contributed by atoms with Gasteiger partial charge in [-0.05, 0) is 33.3 Å². The second-order valence-corrected chi connectivity index (χ2v) is 8.26. The summed E-state index contributed by atoms with van der Waals surface area (Å²) in [5.41, 5.74) is -2.50. The number of esters is 1. The first kappa shape index (κ1) is 25.7. The minimum absolute atomic E-state index is 0.341. The number of carbonyl (C=O) groups is 1. The highest BCUT2D eigenvalue weighted by molar-refractivity contribution is 5.83. The number of unbranched alkanes of at least 4 members (excludes halogenated alkanes) is 7. The Bertz CT molecular complexity index is 552. The van der Waals surface area contributed by atoms with Crippen LogP contribution in [0.4, 0.5) is 13.2 Å². The van der Waals surface area contributed by atoms with Crippen molar-refractivity contribution in [1.82, 2.24) is 0 Å². The van der Waals surface area contributed by atoms with Crippen molar-refractivity contribution < 1.29 is 27.4 Å². The summed E-state index contributed by atoms with van der Waals surface area (Å²) >= 11 is 0. The number of carbonyl (C=O) groups excluding carboxylic acids is 1. The predicted octanol–water partition coefficient (Wildman–Crippen LogP) is 7.06. The molecule has 1 aliphatic carbocycles. The molecule has 0 saturated heterocycles. The lowest BCUT2D eigenvalue weighted by Gasteiger charge is -2.35. The van der Waals surface area contributed by atoms with Crippen LogP contribution in [-0.4, -0.2) is 30.0 Å². The predicted molar refractivity (Wildman–Crippen MR) is 110 cm³/mol. The Kier molecular flexibility index (Phi) is 11.0. The summed E-state index contributed by atoms with van der Waals surface area (Å²) in [4.78, 5) is 12.6. The molecule has 0 saturated carbocycles. The molecule has 0 bridgehead atoms. The molecule has 0 fully saturated rings. The molecule has 0 aliphatic heterocycles. The number of allylic oxidation sites excluding steroid dienone is 2. The molecule has 0 aromatic carbocycles. The summed E-state index contributed by atoms with van der Waals surface area (Å²) in [7, 11) is 0. The van der Waals surface area contributed by atoms with E-state index in [4.69, 9.17) is 9.47 Å². The largest absolute Gasteiger partial charge is 0.461 e. The monoisotopic (exact) mass is 418 g/mol. The summed E-state index contributed by atoms with van der Waals surface area (Å²) < 4.78 is 50.9. The average Bonchev–Trinajstić information content (AvgIpc) is 2.63. The number of ether oxygens (including phenoxy) is 2.